The summed E-state index contributed by atoms with van der Waals surface area (Å²) in [4.78, 5) is 0. The molecular weight excluding hydrogens is 480 g/mol. The summed E-state index contributed by atoms with van der Waals surface area (Å²) in [6, 6.07) is 16.7. The summed E-state index contributed by atoms with van der Waals surface area (Å²) >= 11 is 0. The zero-order chi connectivity index (χ0) is 30.4. The van der Waals surface area contributed by atoms with Crippen LogP contribution in [0.25, 0.3) is 0 Å². The molecule has 3 N–H and O–H groups in total. The molecule has 2 rings (SSSR count). The fourth-order valence-corrected chi connectivity index (χ4v) is 4.57. The fraction of sp³-hybridized carbons (Fsp3) is 0.543. The molecule has 2 aromatic rings. The Hall–Kier alpha value is -2.24. The Morgan fingerprint density at radius 2 is 1.51 bits per heavy atom. The molecule has 0 heterocycles. The first-order chi connectivity index (χ1) is 18.3. The Kier molecular flexibility index (Phi) is 16.4. The van der Waals surface area contributed by atoms with Crippen LogP contribution in [0.2, 0.25) is 0 Å². The van der Waals surface area contributed by atoms with E-state index in [1.165, 1.54) is 10.6 Å². The fourth-order valence-electron chi connectivity index (χ4n) is 4.57. The summed E-state index contributed by atoms with van der Waals surface area (Å²) in [6.07, 6.45) is 4.34. The van der Waals surface area contributed by atoms with Crippen molar-refractivity contribution in [3.8, 4) is 0 Å². The summed E-state index contributed by atoms with van der Waals surface area (Å²) in [6.45, 7) is 29.0. The number of nitrogens with zero attached hydrogens (tertiary/aromatic N) is 1. The van der Waals surface area contributed by atoms with Gasteiger partial charge in [-0.1, -0.05) is 109 Å². The van der Waals surface area contributed by atoms with E-state index in [0.29, 0.717) is 6.54 Å². The van der Waals surface area contributed by atoms with Crippen molar-refractivity contribution < 1.29 is 10.3 Å². The van der Waals surface area contributed by atoms with Crippen LogP contribution in [-0.4, -0.2) is 35.0 Å². The van der Waals surface area contributed by atoms with Crippen LogP contribution in [0.1, 0.15) is 110 Å². The smallest absolute Gasteiger partial charge is 0.0914 e. The maximum Gasteiger partial charge on any atom is 0.0914 e. The summed E-state index contributed by atoms with van der Waals surface area (Å²) < 4.78 is 0. The highest BCUT2D eigenvalue weighted by molar-refractivity contribution is 5.39. The number of benzene rings is 2. The SMILES string of the molecule is C=CC(C)C(C)(c1ccccc1)[C@@H](C)NC[C@H](O)c1ccc(C(C)(C)N(C)O)c(C(C)C)c1.C=CCC.CC. The summed E-state index contributed by atoms with van der Waals surface area (Å²) in [7, 11) is 1.67. The molecule has 0 saturated heterocycles. The number of rotatable bonds is 12. The van der Waals surface area contributed by atoms with E-state index in [1.807, 2.05) is 58.0 Å². The van der Waals surface area contributed by atoms with Gasteiger partial charge in [-0.25, -0.2) is 0 Å². The molecule has 4 nitrogen and oxygen atoms in total. The first kappa shape index (κ1) is 36.8. The van der Waals surface area contributed by atoms with Gasteiger partial charge in [0.1, 0.15) is 0 Å². The highest BCUT2D eigenvalue weighted by Gasteiger charge is 2.37. The lowest BCUT2D eigenvalue weighted by atomic mass is 9.68. The number of hydrogen-bond acceptors (Lipinski definition) is 4. The van der Waals surface area contributed by atoms with Crippen molar-refractivity contribution in [3.63, 3.8) is 0 Å². The molecule has 4 heteroatoms. The monoisotopic (exact) mass is 538 g/mol. The predicted molar refractivity (Wildman–Crippen MR) is 171 cm³/mol. The normalized spacial score (nSPS) is 15.2. The first-order valence-electron chi connectivity index (χ1n) is 14.6. The summed E-state index contributed by atoms with van der Waals surface area (Å²) in [5, 5.41) is 26.1. The van der Waals surface area contributed by atoms with Gasteiger partial charge in [0.05, 0.1) is 11.6 Å². The molecule has 0 aliphatic carbocycles. The highest BCUT2D eigenvalue weighted by Crippen LogP contribution is 2.37. The maximum atomic E-state index is 11.1. The Morgan fingerprint density at radius 3 is 1.95 bits per heavy atom. The minimum Gasteiger partial charge on any atom is -0.387 e. The predicted octanol–water partition coefficient (Wildman–Crippen LogP) is 8.77. The van der Waals surface area contributed by atoms with E-state index < -0.39 is 11.6 Å². The molecule has 0 amide bonds. The van der Waals surface area contributed by atoms with E-state index >= 15 is 0 Å². The maximum absolute atomic E-state index is 11.1. The van der Waals surface area contributed by atoms with E-state index in [4.69, 9.17) is 0 Å². The molecule has 2 aromatic carbocycles. The number of hydrogen-bond donors (Lipinski definition) is 3. The van der Waals surface area contributed by atoms with Crippen LogP contribution in [-0.2, 0) is 11.0 Å². The largest absolute Gasteiger partial charge is 0.387 e. The van der Waals surface area contributed by atoms with Crippen molar-refractivity contribution in [2.45, 2.75) is 105 Å². The zero-order valence-electron chi connectivity index (χ0n) is 26.8. The van der Waals surface area contributed by atoms with Gasteiger partial charge in [-0.15, -0.1) is 13.2 Å². The third kappa shape index (κ3) is 9.72. The summed E-state index contributed by atoms with van der Waals surface area (Å²) in [5.41, 5.74) is 3.67. The molecule has 0 aliphatic heterocycles. The van der Waals surface area contributed by atoms with Crippen LogP contribution in [0.4, 0.5) is 0 Å². The van der Waals surface area contributed by atoms with Gasteiger partial charge in [0.2, 0.25) is 0 Å². The van der Waals surface area contributed by atoms with Crippen LogP contribution >= 0.6 is 0 Å². The van der Waals surface area contributed by atoms with E-state index in [0.717, 1.165) is 23.1 Å². The second-order valence-corrected chi connectivity index (χ2v) is 11.1. The number of hydroxylamine groups is 2. The van der Waals surface area contributed by atoms with Crippen molar-refractivity contribution in [2.75, 3.05) is 13.6 Å². The van der Waals surface area contributed by atoms with Gasteiger partial charge in [0.25, 0.3) is 0 Å². The number of aliphatic hydroxyl groups is 1. The topological polar surface area (TPSA) is 55.7 Å². The lowest BCUT2D eigenvalue weighted by Crippen LogP contribution is -2.49. The van der Waals surface area contributed by atoms with Crippen molar-refractivity contribution in [1.29, 1.82) is 0 Å². The van der Waals surface area contributed by atoms with Gasteiger partial charge in [0.15, 0.2) is 0 Å². The lowest BCUT2D eigenvalue weighted by Gasteiger charge is -2.41. The number of allylic oxidation sites excluding steroid dienone is 2. The molecule has 0 aliphatic rings. The van der Waals surface area contributed by atoms with E-state index in [1.54, 1.807) is 7.05 Å². The van der Waals surface area contributed by atoms with E-state index in [2.05, 4.69) is 90.3 Å². The van der Waals surface area contributed by atoms with Crippen molar-refractivity contribution >= 4 is 0 Å². The van der Waals surface area contributed by atoms with Crippen LogP contribution in [0, 0.1) is 5.92 Å². The van der Waals surface area contributed by atoms with Crippen LogP contribution in [0.3, 0.4) is 0 Å². The Morgan fingerprint density at radius 1 is 0.974 bits per heavy atom. The quantitative estimate of drug-likeness (QED) is 0.187. The molecular formula is C35H58N2O2. The Bertz CT molecular complexity index is 968. The second kappa shape index (κ2) is 17.5. The summed E-state index contributed by atoms with van der Waals surface area (Å²) in [5.74, 6) is 0.525. The molecule has 0 saturated carbocycles. The van der Waals surface area contributed by atoms with Crippen molar-refractivity contribution in [2.24, 2.45) is 5.92 Å². The van der Waals surface area contributed by atoms with E-state index in [9.17, 15) is 10.3 Å². The first-order valence-corrected chi connectivity index (χ1v) is 14.6. The van der Waals surface area contributed by atoms with Crippen LogP contribution in [0.15, 0.2) is 73.8 Å². The molecule has 0 radical (unpaired) electrons. The molecule has 4 atom stereocenters. The zero-order valence-corrected chi connectivity index (χ0v) is 26.8. The van der Waals surface area contributed by atoms with Crippen molar-refractivity contribution in [1.82, 2.24) is 10.4 Å². The number of aliphatic hydroxyl groups excluding tert-OH is 1. The molecule has 0 spiro atoms. The lowest BCUT2D eigenvalue weighted by molar-refractivity contribution is -0.143. The van der Waals surface area contributed by atoms with Gasteiger partial charge >= 0.3 is 0 Å². The molecule has 0 bridgehead atoms. The third-order valence-electron chi connectivity index (χ3n) is 8.05. The Labute approximate surface area is 240 Å². The average molecular weight is 539 g/mol. The van der Waals surface area contributed by atoms with Crippen molar-refractivity contribution in [3.05, 3.63) is 96.1 Å². The van der Waals surface area contributed by atoms with E-state index in [-0.39, 0.29) is 23.3 Å². The molecule has 39 heavy (non-hydrogen) atoms. The third-order valence-corrected chi connectivity index (χ3v) is 8.05. The standard InChI is InChI=1S/C29H44N2O2.C4H8.C2H6/c1-10-21(4)29(8,24-14-12-11-13-15-24)22(5)30-19-27(32)23-16-17-26(25(18-23)20(2)3)28(6,7)31(9)33;1-3-4-2;1-2/h10-18,20-22,27,30,32-33H,1,19H2,2-9H3;3H,1,4H2,2H3;1-2H3/t21?,22-,27+,29?;;/m1../s1. The Balaban J connectivity index is 0.00000220. The average Bonchev–Trinajstić information content (AvgIpc) is 2.95. The number of nitrogens with one attached hydrogen (secondary N) is 1. The van der Waals surface area contributed by atoms with Gasteiger partial charge in [-0.2, -0.15) is 5.06 Å². The molecule has 220 valence electrons. The van der Waals surface area contributed by atoms with Gasteiger partial charge < -0.3 is 15.6 Å². The van der Waals surface area contributed by atoms with Gasteiger partial charge in [0, 0.05) is 25.0 Å². The van der Waals surface area contributed by atoms with Gasteiger partial charge in [-0.3, -0.25) is 0 Å². The van der Waals surface area contributed by atoms with Gasteiger partial charge in [-0.05, 0) is 61.3 Å². The molecule has 0 aromatic heterocycles. The minimum atomic E-state index is -0.631. The highest BCUT2D eigenvalue weighted by atomic mass is 16.5. The molecule has 0 fully saturated rings. The minimum absolute atomic E-state index is 0.119. The van der Waals surface area contributed by atoms with Crippen LogP contribution < -0.4 is 5.32 Å². The van der Waals surface area contributed by atoms with Crippen LogP contribution in [0.5, 0.6) is 0 Å². The second-order valence-electron chi connectivity index (χ2n) is 11.1. The molecule has 2 unspecified atom stereocenters.